The van der Waals surface area contributed by atoms with Crippen molar-refractivity contribution in [2.45, 2.75) is 31.8 Å². The Bertz CT molecular complexity index is 531. The third kappa shape index (κ3) is 4.53. The highest BCUT2D eigenvalue weighted by Gasteiger charge is 2.28. The SMILES string of the molecule is C[C@H](C(=O)Nc1ccccc1F)[NH+](C)CC(=O)NC1CC1. The Morgan fingerprint density at radius 3 is 2.67 bits per heavy atom. The summed E-state index contributed by atoms with van der Waals surface area (Å²) in [4.78, 5) is 24.6. The largest absolute Gasteiger partial charge is 0.348 e. The summed E-state index contributed by atoms with van der Waals surface area (Å²) in [7, 11) is 1.78. The molecule has 2 amide bonds. The number of benzene rings is 1. The molecule has 0 aromatic heterocycles. The number of rotatable bonds is 6. The summed E-state index contributed by atoms with van der Waals surface area (Å²) in [5.74, 6) is -0.834. The number of carbonyl (C=O) groups is 2. The van der Waals surface area contributed by atoms with Gasteiger partial charge in [-0.05, 0) is 31.9 Å². The van der Waals surface area contributed by atoms with E-state index < -0.39 is 11.9 Å². The van der Waals surface area contributed by atoms with Gasteiger partial charge < -0.3 is 15.5 Å². The fourth-order valence-corrected chi connectivity index (χ4v) is 1.94. The molecule has 114 valence electrons. The third-order valence-corrected chi connectivity index (χ3v) is 3.65. The normalized spacial score (nSPS) is 16.9. The Kier molecular flexibility index (Phi) is 4.90. The summed E-state index contributed by atoms with van der Waals surface area (Å²) < 4.78 is 13.5. The molecule has 5 nitrogen and oxygen atoms in total. The van der Waals surface area contributed by atoms with Gasteiger partial charge in [0.15, 0.2) is 12.6 Å². The summed E-state index contributed by atoms with van der Waals surface area (Å²) in [5, 5.41) is 5.44. The summed E-state index contributed by atoms with van der Waals surface area (Å²) in [6.07, 6.45) is 2.07. The topological polar surface area (TPSA) is 62.6 Å². The van der Waals surface area contributed by atoms with Gasteiger partial charge in [0.1, 0.15) is 5.82 Å². The Balaban J connectivity index is 1.85. The van der Waals surface area contributed by atoms with E-state index in [9.17, 15) is 14.0 Å². The summed E-state index contributed by atoms with van der Waals surface area (Å²) in [6, 6.07) is 5.88. The van der Waals surface area contributed by atoms with Gasteiger partial charge in [0, 0.05) is 6.04 Å². The summed E-state index contributed by atoms with van der Waals surface area (Å²) >= 11 is 0. The van der Waals surface area contributed by atoms with Crippen LogP contribution in [-0.2, 0) is 9.59 Å². The molecule has 0 radical (unpaired) electrons. The van der Waals surface area contributed by atoms with Gasteiger partial charge in [-0.15, -0.1) is 0 Å². The molecule has 1 aliphatic carbocycles. The zero-order valence-corrected chi connectivity index (χ0v) is 12.3. The first kappa shape index (κ1) is 15.4. The van der Waals surface area contributed by atoms with Gasteiger partial charge in [-0.25, -0.2) is 4.39 Å². The van der Waals surface area contributed by atoms with Gasteiger partial charge in [-0.2, -0.15) is 0 Å². The summed E-state index contributed by atoms with van der Waals surface area (Å²) in [5.41, 5.74) is 0.157. The molecule has 1 fully saturated rings. The number of anilines is 1. The average Bonchev–Trinajstić information content (AvgIpc) is 3.24. The Morgan fingerprint density at radius 1 is 1.38 bits per heavy atom. The quantitative estimate of drug-likeness (QED) is 0.689. The molecular formula is C15H21FN3O2+. The van der Waals surface area contributed by atoms with Crippen LogP contribution in [-0.4, -0.2) is 37.5 Å². The maximum atomic E-state index is 13.5. The van der Waals surface area contributed by atoms with Crippen molar-refractivity contribution < 1.29 is 18.9 Å². The number of carbonyl (C=O) groups excluding carboxylic acids is 2. The lowest BCUT2D eigenvalue weighted by atomic mass is 10.2. The Morgan fingerprint density at radius 2 is 2.05 bits per heavy atom. The molecule has 1 aromatic rings. The van der Waals surface area contributed by atoms with Crippen molar-refractivity contribution >= 4 is 17.5 Å². The smallest absolute Gasteiger partial charge is 0.282 e. The molecule has 1 aromatic carbocycles. The van der Waals surface area contributed by atoms with Crippen LogP contribution in [0, 0.1) is 5.82 Å². The number of hydrogen-bond donors (Lipinski definition) is 3. The lowest BCUT2D eigenvalue weighted by molar-refractivity contribution is -0.885. The second kappa shape index (κ2) is 6.67. The van der Waals surface area contributed by atoms with Crippen molar-refractivity contribution in [2.24, 2.45) is 0 Å². The standard InChI is InChI=1S/C15H20FN3O2/c1-10(19(2)9-14(20)17-11-7-8-11)15(21)18-13-6-4-3-5-12(13)16/h3-6,10-11H,7-9H2,1-2H3,(H,17,20)(H,18,21)/p+1/t10-/m1/s1. The second-order valence-corrected chi connectivity index (χ2v) is 5.56. The molecule has 1 aliphatic rings. The Hall–Kier alpha value is -1.95. The highest BCUT2D eigenvalue weighted by Crippen LogP contribution is 2.18. The third-order valence-electron chi connectivity index (χ3n) is 3.65. The second-order valence-electron chi connectivity index (χ2n) is 5.56. The van der Waals surface area contributed by atoms with Crippen molar-refractivity contribution in [2.75, 3.05) is 18.9 Å². The van der Waals surface area contributed by atoms with Crippen LogP contribution < -0.4 is 15.5 Å². The molecule has 0 bridgehead atoms. The molecule has 1 unspecified atom stereocenters. The Labute approximate surface area is 123 Å². The van der Waals surface area contributed by atoms with Gasteiger partial charge in [-0.3, -0.25) is 9.59 Å². The zero-order valence-electron chi connectivity index (χ0n) is 12.3. The van der Waals surface area contributed by atoms with Crippen molar-refractivity contribution in [3.05, 3.63) is 30.1 Å². The molecule has 0 aliphatic heterocycles. The average molecular weight is 294 g/mol. The first-order valence-corrected chi connectivity index (χ1v) is 7.14. The van der Waals surface area contributed by atoms with E-state index in [1.54, 1.807) is 26.1 Å². The van der Waals surface area contributed by atoms with Crippen LogP contribution in [0.25, 0.3) is 0 Å². The molecule has 3 N–H and O–H groups in total. The van der Waals surface area contributed by atoms with E-state index in [4.69, 9.17) is 0 Å². The summed E-state index contributed by atoms with van der Waals surface area (Å²) in [6.45, 7) is 1.94. The molecule has 6 heteroatoms. The number of quaternary nitrogens is 1. The van der Waals surface area contributed by atoms with E-state index in [0.29, 0.717) is 6.04 Å². The number of amides is 2. The van der Waals surface area contributed by atoms with Crippen molar-refractivity contribution in [3.63, 3.8) is 0 Å². The minimum atomic E-state index is -0.470. The van der Waals surface area contributed by atoms with Gasteiger partial charge in [-0.1, -0.05) is 12.1 Å². The minimum Gasteiger partial charge on any atom is -0.348 e. The fourth-order valence-electron chi connectivity index (χ4n) is 1.94. The fraction of sp³-hybridized carbons (Fsp3) is 0.467. The number of likely N-dealkylation sites (N-methyl/N-ethyl adjacent to an activating group) is 1. The van der Waals surface area contributed by atoms with Crippen molar-refractivity contribution in [1.29, 1.82) is 0 Å². The maximum Gasteiger partial charge on any atom is 0.282 e. The highest BCUT2D eigenvalue weighted by atomic mass is 19.1. The molecule has 2 rings (SSSR count). The van der Waals surface area contributed by atoms with Gasteiger partial charge in [0.2, 0.25) is 0 Å². The zero-order chi connectivity index (χ0) is 15.4. The maximum absolute atomic E-state index is 13.5. The van der Waals surface area contributed by atoms with Crippen molar-refractivity contribution in [3.8, 4) is 0 Å². The molecule has 0 heterocycles. The molecule has 1 saturated carbocycles. The van der Waals surface area contributed by atoms with Crippen LogP contribution in [0.2, 0.25) is 0 Å². The molecule has 0 saturated heterocycles. The number of para-hydroxylation sites is 1. The number of nitrogens with one attached hydrogen (secondary N) is 3. The van der Waals surface area contributed by atoms with Crippen LogP contribution in [0.1, 0.15) is 19.8 Å². The van der Waals surface area contributed by atoms with Gasteiger partial charge >= 0.3 is 0 Å². The predicted molar refractivity (Wildman–Crippen MR) is 77.4 cm³/mol. The molecule has 2 atom stereocenters. The van der Waals surface area contributed by atoms with Crippen LogP contribution in [0.3, 0.4) is 0 Å². The van der Waals surface area contributed by atoms with E-state index in [-0.39, 0.29) is 24.0 Å². The van der Waals surface area contributed by atoms with Gasteiger partial charge in [0.05, 0.1) is 12.7 Å². The highest BCUT2D eigenvalue weighted by molar-refractivity contribution is 5.93. The van der Waals surface area contributed by atoms with Crippen LogP contribution in [0.4, 0.5) is 10.1 Å². The van der Waals surface area contributed by atoms with Crippen LogP contribution in [0.15, 0.2) is 24.3 Å². The van der Waals surface area contributed by atoms with E-state index >= 15 is 0 Å². The van der Waals surface area contributed by atoms with Crippen LogP contribution in [0.5, 0.6) is 0 Å². The molecular weight excluding hydrogens is 273 g/mol. The van der Waals surface area contributed by atoms with Gasteiger partial charge in [0.25, 0.3) is 11.8 Å². The lowest BCUT2D eigenvalue weighted by Crippen LogP contribution is -3.15. The minimum absolute atomic E-state index is 0.0551. The number of halogens is 1. The first-order valence-electron chi connectivity index (χ1n) is 7.14. The van der Waals surface area contributed by atoms with E-state index in [1.165, 1.54) is 12.1 Å². The monoisotopic (exact) mass is 294 g/mol. The number of hydrogen-bond acceptors (Lipinski definition) is 2. The van der Waals surface area contributed by atoms with Crippen LogP contribution >= 0.6 is 0 Å². The molecule has 0 spiro atoms. The molecule has 21 heavy (non-hydrogen) atoms. The predicted octanol–water partition coefficient (Wildman–Crippen LogP) is -0.0540. The lowest BCUT2D eigenvalue weighted by Gasteiger charge is -2.20. The van der Waals surface area contributed by atoms with E-state index in [2.05, 4.69) is 10.6 Å². The van der Waals surface area contributed by atoms with E-state index in [1.807, 2.05) is 0 Å². The van der Waals surface area contributed by atoms with Crippen molar-refractivity contribution in [1.82, 2.24) is 5.32 Å². The van der Waals surface area contributed by atoms with E-state index in [0.717, 1.165) is 17.7 Å². The first-order chi connectivity index (χ1) is 9.97.